The van der Waals surface area contributed by atoms with Gasteiger partial charge >= 0.3 is 0 Å². The first kappa shape index (κ1) is 15.5. The van der Waals surface area contributed by atoms with Gasteiger partial charge in [0.05, 0.1) is 10.7 Å². The Kier molecular flexibility index (Phi) is 4.63. The van der Waals surface area contributed by atoms with Crippen LogP contribution in [0.15, 0.2) is 18.2 Å². The molecule has 0 aliphatic carbocycles. The standard InChI is InChI=1S/C15H18ClFN4/c1-8(2)13-20-14(18-4)9(3)15(21-13)19-12-7-10(17)5-6-11(12)16/h5-8H,1-4H3,(H2,18,19,20,21). The fourth-order valence-electron chi connectivity index (χ4n) is 1.88. The van der Waals surface area contributed by atoms with E-state index in [-0.39, 0.29) is 11.7 Å². The van der Waals surface area contributed by atoms with Crippen LogP contribution in [0.1, 0.15) is 31.2 Å². The van der Waals surface area contributed by atoms with Crippen LogP contribution in [0.4, 0.5) is 21.7 Å². The Morgan fingerprint density at radius 2 is 1.86 bits per heavy atom. The van der Waals surface area contributed by atoms with E-state index >= 15 is 0 Å². The van der Waals surface area contributed by atoms with Crippen LogP contribution in [0.5, 0.6) is 0 Å². The lowest BCUT2D eigenvalue weighted by atomic mass is 10.2. The number of benzene rings is 1. The minimum Gasteiger partial charge on any atom is -0.373 e. The molecule has 0 unspecified atom stereocenters. The molecule has 0 saturated carbocycles. The molecule has 0 fully saturated rings. The zero-order valence-corrected chi connectivity index (χ0v) is 13.2. The van der Waals surface area contributed by atoms with Crippen molar-refractivity contribution in [3.05, 3.63) is 40.4 Å². The third kappa shape index (κ3) is 3.42. The summed E-state index contributed by atoms with van der Waals surface area (Å²) >= 11 is 6.09. The number of hydrogen-bond acceptors (Lipinski definition) is 4. The molecule has 0 saturated heterocycles. The smallest absolute Gasteiger partial charge is 0.139 e. The van der Waals surface area contributed by atoms with Crippen LogP contribution >= 0.6 is 11.6 Å². The number of hydrogen-bond donors (Lipinski definition) is 2. The van der Waals surface area contributed by atoms with Gasteiger partial charge in [-0.3, -0.25) is 0 Å². The fraction of sp³-hybridized carbons (Fsp3) is 0.333. The predicted molar refractivity (Wildman–Crippen MR) is 85.1 cm³/mol. The molecule has 0 amide bonds. The molecule has 2 aromatic rings. The number of halogens is 2. The quantitative estimate of drug-likeness (QED) is 0.874. The van der Waals surface area contributed by atoms with Gasteiger partial charge in [0.2, 0.25) is 0 Å². The van der Waals surface area contributed by atoms with Crippen LogP contribution in [0.3, 0.4) is 0 Å². The van der Waals surface area contributed by atoms with Crippen molar-refractivity contribution >= 4 is 28.9 Å². The maximum Gasteiger partial charge on any atom is 0.139 e. The second-order valence-electron chi connectivity index (χ2n) is 5.06. The van der Waals surface area contributed by atoms with Gasteiger partial charge < -0.3 is 10.6 Å². The zero-order valence-electron chi connectivity index (χ0n) is 12.5. The number of nitrogens with one attached hydrogen (secondary N) is 2. The summed E-state index contributed by atoms with van der Waals surface area (Å²) in [6.07, 6.45) is 0. The first-order valence-corrected chi connectivity index (χ1v) is 7.08. The summed E-state index contributed by atoms with van der Waals surface area (Å²) in [6, 6.07) is 4.18. The highest BCUT2D eigenvalue weighted by Gasteiger charge is 2.13. The van der Waals surface area contributed by atoms with Crippen molar-refractivity contribution in [1.29, 1.82) is 0 Å². The van der Waals surface area contributed by atoms with Crippen LogP contribution in [-0.4, -0.2) is 17.0 Å². The minimum atomic E-state index is -0.355. The van der Waals surface area contributed by atoms with Crippen molar-refractivity contribution in [2.24, 2.45) is 0 Å². The third-order valence-electron chi connectivity index (χ3n) is 3.10. The summed E-state index contributed by atoms with van der Waals surface area (Å²) in [5.41, 5.74) is 1.33. The molecule has 1 aromatic heterocycles. The summed E-state index contributed by atoms with van der Waals surface area (Å²) in [4.78, 5) is 8.97. The van der Waals surface area contributed by atoms with E-state index in [2.05, 4.69) is 20.6 Å². The maximum absolute atomic E-state index is 13.4. The molecule has 0 atom stereocenters. The van der Waals surface area contributed by atoms with Crippen molar-refractivity contribution < 1.29 is 4.39 Å². The minimum absolute atomic E-state index is 0.182. The second kappa shape index (κ2) is 6.26. The Labute approximate surface area is 128 Å². The van der Waals surface area contributed by atoms with Crippen molar-refractivity contribution in [1.82, 2.24) is 9.97 Å². The van der Waals surface area contributed by atoms with Gasteiger partial charge in [0.15, 0.2) is 0 Å². The fourth-order valence-corrected chi connectivity index (χ4v) is 2.04. The van der Waals surface area contributed by atoms with Gasteiger partial charge in [-0.15, -0.1) is 0 Å². The third-order valence-corrected chi connectivity index (χ3v) is 3.43. The largest absolute Gasteiger partial charge is 0.373 e. The maximum atomic E-state index is 13.4. The Morgan fingerprint density at radius 3 is 2.48 bits per heavy atom. The highest BCUT2D eigenvalue weighted by Crippen LogP contribution is 2.29. The molecule has 112 valence electrons. The highest BCUT2D eigenvalue weighted by molar-refractivity contribution is 6.33. The van der Waals surface area contributed by atoms with Crippen LogP contribution in [0.2, 0.25) is 5.02 Å². The molecule has 6 heteroatoms. The van der Waals surface area contributed by atoms with Crippen molar-refractivity contribution in [3.8, 4) is 0 Å². The molecule has 0 aliphatic rings. The van der Waals surface area contributed by atoms with E-state index < -0.39 is 0 Å². The van der Waals surface area contributed by atoms with Gasteiger partial charge in [-0.1, -0.05) is 25.4 Å². The molecule has 21 heavy (non-hydrogen) atoms. The molecule has 2 N–H and O–H groups in total. The lowest BCUT2D eigenvalue weighted by Crippen LogP contribution is -2.08. The summed E-state index contributed by atoms with van der Waals surface area (Å²) in [5, 5.41) is 6.57. The second-order valence-corrected chi connectivity index (χ2v) is 5.47. The summed E-state index contributed by atoms with van der Waals surface area (Å²) in [5.74, 6) is 1.89. The van der Waals surface area contributed by atoms with Crippen LogP contribution < -0.4 is 10.6 Å². The summed E-state index contributed by atoms with van der Waals surface area (Å²) in [7, 11) is 1.80. The molecular formula is C15H18ClFN4. The van der Waals surface area contributed by atoms with E-state index in [0.717, 1.165) is 11.4 Å². The SMILES string of the molecule is CNc1nc(C(C)C)nc(Nc2cc(F)ccc2Cl)c1C. The lowest BCUT2D eigenvalue weighted by Gasteiger charge is -2.15. The van der Waals surface area contributed by atoms with Crippen molar-refractivity contribution in [2.75, 3.05) is 17.7 Å². The lowest BCUT2D eigenvalue weighted by molar-refractivity contribution is 0.628. The van der Waals surface area contributed by atoms with Gasteiger partial charge in [0.25, 0.3) is 0 Å². The average Bonchev–Trinajstić information content (AvgIpc) is 2.44. The highest BCUT2D eigenvalue weighted by atomic mass is 35.5. The Hall–Kier alpha value is -1.88. The van der Waals surface area contributed by atoms with Gasteiger partial charge in [-0.05, 0) is 25.1 Å². The molecule has 4 nitrogen and oxygen atoms in total. The number of nitrogens with zero attached hydrogens (tertiary/aromatic N) is 2. The van der Waals surface area contributed by atoms with E-state index in [9.17, 15) is 4.39 Å². The van der Waals surface area contributed by atoms with E-state index in [4.69, 9.17) is 11.6 Å². The molecule has 1 heterocycles. The van der Waals surface area contributed by atoms with E-state index in [1.807, 2.05) is 20.8 Å². The zero-order chi connectivity index (χ0) is 15.6. The molecule has 0 radical (unpaired) electrons. The van der Waals surface area contributed by atoms with Gasteiger partial charge in [-0.2, -0.15) is 0 Å². The topological polar surface area (TPSA) is 49.8 Å². The van der Waals surface area contributed by atoms with Crippen LogP contribution in [0, 0.1) is 12.7 Å². The Bertz CT molecular complexity index is 658. The molecule has 2 rings (SSSR count). The number of rotatable bonds is 4. The van der Waals surface area contributed by atoms with Gasteiger partial charge in [-0.25, -0.2) is 14.4 Å². The van der Waals surface area contributed by atoms with Gasteiger partial charge in [0.1, 0.15) is 23.3 Å². The normalized spacial score (nSPS) is 10.8. The van der Waals surface area contributed by atoms with E-state index in [0.29, 0.717) is 22.4 Å². The predicted octanol–water partition coefficient (Wildman–Crippen LogP) is 4.49. The van der Waals surface area contributed by atoms with Crippen LogP contribution in [-0.2, 0) is 0 Å². The Balaban J connectivity index is 2.47. The van der Waals surface area contributed by atoms with Crippen molar-refractivity contribution in [2.45, 2.75) is 26.7 Å². The first-order chi connectivity index (χ1) is 9.92. The number of anilines is 3. The monoisotopic (exact) mass is 308 g/mol. The van der Waals surface area contributed by atoms with Crippen LogP contribution in [0.25, 0.3) is 0 Å². The Morgan fingerprint density at radius 1 is 1.19 bits per heavy atom. The average molecular weight is 309 g/mol. The first-order valence-electron chi connectivity index (χ1n) is 6.70. The van der Waals surface area contributed by atoms with E-state index in [1.54, 1.807) is 7.05 Å². The van der Waals surface area contributed by atoms with Gasteiger partial charge in [0, 0.05) is 18.5 Å². The summed E-state index contributed by atoms with van der Waals surface area (Å²) in [6.45, 7) is 5.93. The summed E-state index contributed by atoms with van der Waals surface area (Å²) < 4.78 is 13.4. The number of aromatic nitrogens is 2. The molecule has 0 spiro atoms. The molecule has 0 aliphatic heterocycles. The molecule has 1 aromatic carbocycles. The van der Waals surface area contributed by atoms with Crippen molar-refractivity contribution in [3.63, 3.8) is 0 Å². The van der Waals surface area contributed by atoms with E-state index in [1.165, 1.54) is 18.2 Å². The molecular weight excluding hydrogens is 291 g/mol. The molecule has 0 bridgehead atoms.